The summed E-state index contributed by atoms with van der Waals surface area (Å²) in [6.45, 7) is 0.0994. The Bertz CT molecular complexity index is 616. The summed E-state index contributed by atoms with van der Waals surface area (Å²) < 4.78 is 1.02. The normalized spacial score (nSPS) is 18.7. The van der Waals surface area contributed by atoms with Crippen molar-refractivity contribution in [2.45, 2.75) is 25.4 Å². The van der Waals surface area contributed by atoms with Crippen molar-refractivity contribution in [3.63, 3.8) is 0 Å². The standard InChI is InChI=1S/C9H10N4O5/c14-7-2-1-5(10-7)3-12-4-6(13(17)18)8(15)11-9(12)16/h4-5H,1-3H2,(H,10,14)(H,11,15,16). The molecule has 1 aliphatic heterocycles. The third-order valence-electron chi connectivity index (χ3n) is 2.69. The first-order chi connectivity index (χ1) is 8.47. The van der Waals surface area contributed by atoms with Crippen LogP contribution in [-0.4, -0.2) is 26.4 Å². The molecule has 1 aromatic rings. The van der Waals surface area contributed by atoms with Gasteiger partial charge in [-0.3, -0.25) is 29.3 Å². The SMILES string of the molecule is O=C1CCC(Cn2cc([N+](=O)[O-])c(=O)[nH]c2=O)N1. The van der Waals surface area contributed by atoms with E-state index in [0.717, 1.165) is 10.8 Å². The van der Waals surface area contributed by atoms with Gasteiger partial charge in [-0.2, -0.15) is 0 Å². The van der Waals surface area contributed by atoms with E-state index in [-0.39, 0.29) is 18.5 Å². The molecular weight excluding hydrogens is 244 g/mol. The van der Waals surface area contributed by atoms with E-state index in [2.05, 4.69) is 5.32 Å². The highest BCUT2D eigenvalue weighted by Gasteiger charge is 2.23. The Morgan fingerprint density at radius 2 is 2.17 bits per heavy atom. The van der Waals surface area contributed by atoms with Crippen molar-refractivity contribution in [1.82, 2.24) is 14.9 Å². The number of rotatable bonds is 3. The van der Waals surface area contributed by atoms with Gasteiger partial charge in [-0.05, 0) is 6.42 Å². The Kier molecular flexibility index (Phi) is 2.96. The molecular formula is C9H10N4O5. The molecule has 0 saturated carbocycles. The first-order valence-electron chi connectivity index (χ1n) is 5.25. The van der Waals surface area contributed by atoms with Crippen LogP contribution < -0.4 is 16.6 Å². The number of nitrogens with one attached hydrogen (secondary N) is 2. The maximum absolute atomic E-state index is 11.5. The van der Waals surface area contributed by atoms with Crippen LogP contribution in [0.3, 0.4) is 0 Å². The maximum atomic E-state index is 11.5. The molecule has 2 N–H and O–H groups in total. The van der Waals surface area contributed by atoms with E-state index >= 15 is 0 Å². The molecule has 9 heteroatoms. The second-order valence-electron chi connectivity index (χ2n) is 3.99. The van der Waals surface area contributed by atoms with Crippen molar-refractivity contribution in [2.75, 3.05) is 0 Å². The molecule has 96 valence electrons. The summed E-state index contributed by atoms with van der Waals surface area (Å²) in [7, 11) is 0. The first kappa shape index (κ1) is 12.0. The smallest absolute Gasteiger partial charge is 0.350 e. The summed E-state index contributed by atoms with van der Waals surface area (Å²) in [4.78, 5) is 45.2. The number of H-pyrrole nitrogens is 1. The number of aromatic nitrogens is 2. The lowest BCUT2D eigenvalue weighted by molar-refractivity contribution is -0.386. The Morgan fingerprint density at radius 3 is 2.72 bits per heavy atom. The topological polar surface area (TPSA) is 127 Å². The zero-order valence-electron chi connectivity index (χ0n) is 9.21. The van der Waals surface area contributed by atoms with Gasteiger partial charge >= 0.3 is 16.9 Å². The average molecular weight is 254 g/mol. The van der Waals surface area contributed by atoms with Crippen LogP contribution in [0.4, 0.5) is 5.69 Å². The zero-order valence-corrected chi connectivity index (χ0v) is 9.21. The highest BCUT2D eigenvalue weighted by Crippen LogP contribution is 2.08. The van der Waals surface area contributed by atoms with Crippen LogP contribution in [0, 0.1) is 10.1 Å². The molecule has 1 atom stereocenters. The minimum atomic E-state index is -1.03. The number of aromatic amines is 1. The van der Waals surface area contributed by atoms with Crippen LogP contribution in [0.15, 0.2) is 15.8 Å². The van der Waals surface area contributed by atoms with Crippen molar-refractivity contribution >= 4 is 11.6 Å². The largest absolute Gasteiger partial charge is 0.352 e. The minimum absolute atomic E-state index is 0.0994. The fourth-order valence-corrected chi connectivity index (χ4v) is 1.82. The number of nitro groups is 1. The van der Waals surface area contributed by atoms with Crippen LogP contribution in [-0.2, 0) is 11.3 Å². The predicted octanol–water partition coefficient (Wildman–Crippen LogP) is -1.28. The van der Waals surface area contributed by atoms with E-state index in [0.29, 0.717) is 12.8 Å². The number of carbonyl (C=O) groups is 1. The fraction of sp³-hybridized carbons (Fsp3) is 0.444. The molecule has 1 aliphatic rings. The fourth-order valence-electron chi connectivity index (χ4n) is 1.82. The summed E-state index contributed by atoms with van der Waals surface area (Å²) in [5.74, 6) is -0.119. The van der Waals surface area contributed by atoms with Gasteiger partial charge in [0.05, 0.1) is 11.1 Å². The van der Waals surface area contributed by atoms with Gasteiger partial charge in [0.15, 0.2) is 0 Å². The second-order valence-corrected chi connectivity index (χ2v) is 3.99. The van der Waals surface area contributed by atoms with Crippen LogP contribution in [0.25, 0.3) is 0 Å². The van der Waals surface area contributed by atoms with E-state index in [1.807, 2.05) is 4.98 Å². The lowest BCUT2D eigenvalue weighted by atomic mass is 10.2. The highest BCUT2D eigenvalue weighted by molar-refractivity contribution is 5.78. The molecule has 1 unspecified atom stereocenters. The Morgan fingerprint density at radius 1 is 1.44 bits per heavy atom. The molecule has 1 saturated heterocycles. The van der Waals surface area contributed by atoms with Gasteiger partial charge in [-0.25, -0.2) is 4.79 Å². The second kappa shape index (κ2) is 4.43. The van der Waals surface area contributed by atoms with Crippen molar-refractivity contribution in [3.8, 4) is 0 Å². The van der Waals surface area contributed by atoms with Gasteiger partial charge in [0.25, 0.3) is 0 Å². The molecule has 1 fully saturated rings. The van der Waals surface area contributed by atoms with Gasteiger partial charge in [0, 0.05) is 19.0 Å². The van der Waals surface area contributed by atoms with Gasteiger partial charge < -0.3 is 5.32 Å². The number of hydrogen-bond acceptors (Lipinski definition) is 5. The van der Waals surface area contributed by atoms with Crippen LogP contribution in [0.2, 0.25) is 0 Å². The Balaban J connectivity index is 2.30. The number of amides is 1. The summed E-state index contributed by atoms with van der Waals surface area (Å²) in [6.07, 6.45) is 1.81. The summed E-state index contributed by atoms with van der Waals surface area (Å²) in [5.41, 5.74) is -2.46. The molecule has 2 heterocycles. The zero-order chi connectivity index (χ0) is 13.3. The monoisotopic (exact) mass is 254 g/mol. The predicted molar refractivity (Wildman–Crippen MR) is 59.1 cm³/mol. The average Bonchev–Trinajstić information content (AvgIpc) is 2.67. The molecule has 9 nitrogen and oxygen atoms in total. The summed E-state index contributed by atoms with van der Waals surface area (Å²) >= 11 is 0. The lowest BCUT2D eigenvalue weighted by Crippen LogP contribution is -2.37. The molecule has 0 radical (unpaired) electrons. The van der Waals surface area contributed by atoms with E-state index in [1.54, 1.807) is 0 Å². The number of hydrogen-bond donors (Lipinski definition) is 2. The maximum Gasteiger partial charge on any atom is 0.350 e. The van der Waals surface area contributed by atoms with Gasteiger partial charge in [-0.1, -0.05) is 0 Å². The number of nitrogens with zero attached hydrogens (tertiary/aromatic N) is 2. The van der Waals surface area contributed by atoms with Crippen LogP contribution in [0.5, 0.6) is 0 Å². The number of carbonyl (C=O) groups excluding carboxylic acids is 1. The lowest BCUT2D eigenvalue weighted by Gasteiger charge is -2.11. The highest BCUT2D eigenvalue weighted by atomic mass is 16.6. The van der Waals surface area contributed by atoms with E-state index in [1.165, 1.54) is 0 Å². The Labute approximate surface area is 99.6 Å². The van der Waals surface area contributed by atoms with E-state index in [4.69, 9.17) is 0 Å². The molecule has 2 rings (SSSR count). The molecule has 1 aromatic heterocycles. The van der Waals surface area contributed by atoms with Gasteiger partial charge in [0.2, 0.25) is 5.91 Å². The quantitative estimate of drug-likeness (QED) is 0.513. The third-order valence-corrected chi connectivity index (χ3v) is 2.69. The van der Waals surface area contributed by atoms with Crippen molar-refractivity contribution in [2.24, 2.45) is 0 Å². The molecule has 0 bridgehead atoms. The molecule has 18 heavy (non-hydrogen) atoms. The van der Waals surface area contributed by atoms with E-state index < -0.39 is 21.9 Å². The van der Waals surface area contributed by atoms with Crippen molar-refractivity contribution in [1.29, 1.82) is 0 Å². The molecule has 1 amide bonds. The minimum Gasteiger partial charge on any atom is -0.352 e. The van der Waals surface area contributed by atoms with Gasteiger partial charge in [0.1, 0.15) is 0 Å². The van der Waals surface area contributed by atoms with Crippen molar-refractivity contribution in [3.05, 3.63) is 37.1 Å². The third kappa shape index (κ3) is 2.29. The van der Waals surface area contributed by atoms with Crippen molar-refractivity contribution < 1.29 is 9.72 Å². The molecule has 0 spiro atoms. The van der Waals surface area contributed by atoms with Crippen LogP contribution >= 0.6 is 0 Å². The van der Waals surface area contributed by atoms with Crippen LogP contribution in [0.1, 0.15) is 12.8 Å². The van der Waals surface area contributed by atoms with E-state index in [9.17, 15) is 24.5 Å². The Hall–Kier alpha value is -2.45. The summed E-state index contributed by atoms with van der Waals surface area (Å²) in [6, 6.07) is -0.249. The first-order valence-corrected chi connectivity index (χ1v) is 5.25. The summed E-state index contributed by atoms with van der Waals surface area (Å²) in [5, 5.41) is 13.2. The molecule has 0 aliphatic carbocycles. The molecule has 0 aromatic carbocycles. The van der Waals surface area contributed by atoms with Gasteiger partial charge in [-0.15, -0.1) is 0 Å².